The minimum absolute atomic E-state index is 0.100. The van der Waals surface area contributed by atoms with Gasteiger partial charge < -0.3 is 20.2 Å². The summed E-state index contributed by atoms with van der Waals surface area (Å²) < 4.78 is 10.8. The van der Waals surface area contributed by atoms with Gasteiger partial charge in [-0.05, 0) is 17.7 Å². The Morgan fingerprint density at radius 3 is 2.54 bits per heavy atom. The highest BCUT2D eigenvalue weighted by atomic mass is 35.5. The molecule has 2 amide bonds. The molecule has 3 aromatic rings. The maximum absolute atomic E-state index is 12.2. The van der Waals surface area contributed by atoms with E-state index in [9.17, 15) is 9.59 Å². The van der Waals surface area contributed by atoms with Crippen LogP contribution < -0.4 is 11.1 Å². The van der Waals surface area contributed by atoms with Crippen molar-refractivity contribution in [2.45, 2.75) is 19.1 Å². The van der Waals surface area contributed by atoms with Gasteiger partial charge in [0, 0.05) is 10.6 Å². The first kappa shape index (κ1) is 19.4. The molecule has 0 saturated heterocycles. The molecule has 3 rings (SSSR count). The second-order valence-corrected chi connectivity index (χ2v) is 6.40. The lowest BCUT2D eigenvalue weighted by molar-refractivity contribution is -0.146. The Balaban J connectivity index is 1.59. The number of halogens is 1. The summed E-state index contributed by atoms with van der Waals surface area (Å²) in [6.07, 6.45) is 1.47. The second kappa shape index (κ2) is 9.05. The van der Waals surface area contributed by atoms with Crippen molar-refractivity contribution in [3.63, 3.8) is 0 Å². The molecule has 1 heterocycles. The van der Waals surface area contributed by atoms with E-state index in [1.165, 1.54) is 0 Å². The number of ether oxygens (including phenoxy) is 1. The number of oxazole rings is 1. The van der Waals surface area contributed by atoms with E-state index < -0.39 is 18.0 Å². The largest absolute Gasteiger partial charge is 0.456 e. The molecule has 1 atom stereocenters. The normalized spacial score (nSPS) is 11.6. The van der Waals surface area contributed by atoms with Crippen molar-refractivity contribution in [1.82, 2.24) is 10.3 Å². The minimum atomic E-state index is -0.743. The van der Waals surface area contributed by atoms with E-state index in [-0.39, 0.29) is 18.9 Å². The zero-order valence-electron chi connectivity index (χ0n) is 14.8. The van der Waals surface area contributed by atoms with Gasteiger partial charge in [0.2, 0.25) is 5.89 Å². The molecule has 28 heavy (non-hydrogen) atoms. The first-order valence-corrected chi connectivity index (χ1v) is 8.86. The first-order valence-electron chi connectivity index (χ1n) is 8.48. The van der Waals surface area contributed by atoms with Crippen LogP contribution in [-0.2, 0) is 16.1 Å². The Bertz CT molecular complexity index is 942. The fourth-order valence-electron chi connectivity index (χ4n) is 2.60. The number of nitrogens with one attached hydrogen (secondary N) is 1. The molecular weight excluding hydrogens is 382 g/mol. The number of primary amides is 1. The van der Waals surface area contributed by atoms with E-state index >= 15 is 0 Å². The fourth-order valence-corrected chi connectivity index (χ4v) is 2.73. The third kappa shape index (κ3) is 5.34. The molecule has 1 aromatic heterocycles. The zero-order valence-corrected chi connectivity index (χ0v) is 15.6. The molecule has 0 saturated carbocycles. The van der Waals surface area contributed by atoms with Gasteiger partial charge in [0.15, 0.2) is 12.4 Å². The molecule has 7 nitrogen and oxygen atoms in total. The molecule has 0 spiro atoms. The summed E-state index contributed by atoms with van der Waals surface area (Å²) in [5.74, 6) is 0.326. The molecular formula is C20H18ClN3O4. The van der Waals surface area contributed by atoms with Crippen molar-refractivity contribution < 1.29 is 18.7 Å². The smallest absolute Gasteiger partial charge is 0.312 e. The van der Waals surface area contributed by atoms with Gasteiger partial charge in [-0.25, -0.2) is 9.78 Å². The maximum Gasteiger partial charge on any atom is 0.312 e. The van der Waals surface area contributed by atoms with Gasteiger partial charge in [-0.1, -0.05) is 54.1 Å². The number of nitrogens with zero attached hydrogens (tertiary/aromatic N) is 1. The molecule has 0 aliphatic heterocycles. The predicted octanol–water partition coefficient (Wildman–Crippen LogP) is 3.84. The molecule has 2 aromatic carbocycles. The number of carbonyl (C=O) groups excluding carboxylic acids is 2. The van der Waals surface area contributed by atoms with Crippen LogP contribution in [0.25, 0.3) is 11.3 Å². The third-order valence-electron chi connectivity index (χ3n) is 3.93. The van der Waals surface area contributed by atoms with Crippen molar-refractivity contribution in [1.29, 1.82) is 0 Å². The van der Waals surface area contributed by atoms with E-state index in [1.807, 2.05) is 30.3 Å². The number of benzene rings is 2. The highest BCUT2D eigenvalue weighted by Gasteiger charge is 2.19. The number of aromatic nitrogens is 1. The van der Waals surface area contributed by atoms with Gasteiger partial charge in [0.1, 0.15) is 0 Å². The van der Waals surface area contributed by atoms with Gasteiger partial charge >= 0.3 is 12.0 Å². The standard InChI is InChI=1S/C20H18ClN3O4/c21-15-8-6-13(7-9-15)16(24-20(22)26)10-19(25)27-12-18-23-11-17(28-18)14-4-2-1-3-5-14/h1-9,11,16H,10,12H2,(H3,22,24,26)/t16-/m0/s1. The van der Waals surface area contributed by atoms with Crippen LogP contribution in [-0.4, -0.2) is 17.0 Å². The number of hydrogen-bond acceptors (Lipinski definition) is 5. The van der Waals surface area contributed by atoms with Crippen LogP contribution in [0.1, 0.15) is 23.9 Å². The summed E-state index contributed by atoms with van der Waals surface area (Å²) in [6.45, 7) is -0.115. The molecule has 0 bridgehead atoms. The van der Waals surface area contributed by atoms with E-state index in [1.54, 1.807) is 30.5 Å². The molecule has 0 aliphatic rings. The minimum Gasteiger partial charge on any atom is -0.456 e. The second-order valence-electron chi connectivity index (χ2n) is 5.96. The Morgan fingerprint density at radius 1 is 1.14 bits per heavy atom. The molecule has 3 N–H and O–H groups in total. The van der Waals surface area contributed by atoms with Crippen LogP contribution >= 0.6 is 11.6 Å². The highest BCUT2D eigenvalue weighted by Crippen LogP contribution is 2.22. The van der Waals surface area contributed by atoms with Crippen molar-refractivity contribution in [3.05, 3.63) is 77.3 Å². The summed E-state index contributed by atoms with van der Waals surface area (Å²) in [5.41, 5.74) is 6.77. The lowest BCUT2D eigenvalue weighted by Crippen LogP contribution is -2.34. The molecule has 144 valence electrons. The Labute approximate surface area is 166 Å². The lowest BCUT2D eigenvalue weighted by atomic mass is 10.0. The Morgan fingerprint density at radius 2 is 1.86 bits per heavy atom. The van der Waals surface area contributed by atoms with Crippen LogP contribution in [0.3, 0.4) is 0 Å². The summed E-state index contributed by atoms with van der Waals surface area (Å²) in [4.78, 5) is 27.6. The molecule has 8 heteroatoms. The average Bonchev–Trinajstić information content (AvgIpc) is 3.16. The van der Waals surface area contributed by atoms with Gasteiger partial charge in [-0.3, -0.25) is 4.79 Å². The lowest BCUT2D eigenvalue weighted by Gasteiger charge is -2.17. The van der Waals surface area contributed by atoms with Crippen molar-refractivity contribution in [3.8, 4) is 11.3 Å². The summed E-state index contributed by atoms with van der Waals surface area (Å²) in [6, 6.07) is 14.8. The van der Waals surface area contributed by atoms with Crippen molar-refractivity contribution >= 4 is 23.6 Å². The first-order chi connectivity index (χ1) is 13.5. The number of carbonyl (C=O) groups is 2. The number of nitrogens with two attached hydrogens (primary N) is 1. The van der Waals surface area contributed by atoms with E-state index in [0.29, 0.717) is 16.3 Å². The number of amides is 2. The van der Waals surface area contributed by atoms with Gasteiger partial charge in [-0.2, -0.15) is 0 Å². The highest BCUT2D eigenvalue weighted by molar-refractivity contribution is 6.30. The van der Waals surface area contributed by atoms with Crippen LogP contribution in [0.15, 0.2) is 65.2 Å². The van der Waals surface area contributed by atoms with E-state index in [0.717, 1.165) is 5.56 Å². The number of rotatable bonds is 7. The van der Waals surface area contributed by atoms with Crippen LogP contribution in [0.4, 0.5) is 4.79 Å². The van der Waals surface area contributed by atoms with E-state index in [2.05, 4.69) is 10.3 Å². The van der Waals surface area contributed by atoms with Crippen LogP contribution in [0.2, 0.25) is 5.02 Å². The predicted molar refractivity (Wildman–Crippen MR) is 103 cm³/mol. The van der Waals surface area contributed by atoms with Crippen LogP contribution in [0.5, 0.6) is 0 Å². The van der Waals surface area contributed by atoms with Gasteiger partial charge in [-0.15, -0.1) is 0 Å². The summed E-state index contributed by atoms with van der Waals surface area (Å²) in [5, 5.41) is 3.07. The van der Waals surface area contributed by atoms with Gasteiger partial charge in [0.25, 0.3) is 0 Å². The number of esters is 1. The van der Waals surface area contributed by atoms with E-state index in [4.69, 9.17) is 26.5 Å². The monoisotopic (exact) mass is 399 g/mol. The fraction of sp³-hybridized carbons (Fsp3) is 0.150. The SMILES string of the molecule is NC(=O)N[C@@H](CC(=O)OCc1ncc(-c2ccccc2)o1)c1ccc(Cl)cc1. The molecule has 0 radical (unpaired) electrons. The third-order valence-corrected chi connectivity index (χ3v) is 4.18. The van der Waals surface area contributed by atoms with Crippen LogP contribution in [0, 0.1) is 0 Å². The van der Waals surface area contributed by atoms with Gasteiger partial charge in [0.05, 0.1) is 18.7 Å². The summed E-state index contributed by atoms with van der Waals surface area (Å²) >= 11 is 5.87. The van der Waals surface area contributed by atoms with Crippen molar-refractivity contribution in [2.75, 3.05) is 0 Å². The number of urea groups is 1. The maximum atomic E-state index is 12.2. The summed E-state index contributed by atoms with van der Waals surface area (Å²) in [7, 11) is 0. The average molecular weight is 400 g/mol. The zero-order chi connectivity index (χ0) is 19.9. The number of hydrogen-bond donors (Lipinski definition) is 2. The topological polar surface area (TPSA) is 107 Å². The van der Waals surface area contributed by atoms with Crippen molar-refractivity contribution in [2.24, 2.45) is 5.73 Å². The Kier molecular flexibility index (Phi) is 6.29. The Hall–Kier alpha value is -3.32. The molecule has 0 fully saturated rings. The molecule has 0 aliphatic carbocycles. The quantitative estimate of drug-likeness (QED) is 0.587. The molecule has 0 unspecified atom stereocenters.